The molecule has 1 aliphatic rings. The number of benzene rings is 1. The van der Waals surface area contributed by atoms with Gasteiger partial charge in [-0.05, 0) is 42.5 Å². The number of rotatable bonds is 3. The second kappa shape index (κ2) is 6.25. The molecule has 0 aromatic heterocycles. The van der Waals surface area contributed by atoms with Gasteiger partial charge < -0.3 is 10.8 Å². The fourth-order valence-corrected chi connectivity index (χ4v) is 3.28. The average molecular weight is 288 g/mol. The first-order valence-electron chi connectivity index (χ1n) is 6.47. The van der Waals surface area contributed by atoms with E-state index in [0.29, 0.717) is 16.0 Å². The lowest BCUT2D eigenvalue weighted by atomic mass is 9.81. The van der Waals surface area contributed by atoms with Crippen LogP contribution in [0.4, 0.5) is 0 Å². The molecule has 1 saturated carbocycles. The van der Waals surface area contributed by atoms with Crippen molar-refractivity contribution in [2.75, 3.05) is 0 Å². The summed E-state index contributed by atoms with van der Waals surface area (Å²) in [5.41, 5.74) is 6.95. The molecule has 0 spiro atoms. The highest BCUT2D eigenvalue weighted by atomic mass is 35.5. The standard InChI is InChI=1S/C14H19Cl2NO/c15-11-6-10(7-12(16)8-11)13(17)14(18)9-4-2-1-3-5-9/h6-9,13-14,18H,1-5,17H2/t13-,14+/m1/s1. The molecule has 2 atom stereocenters. The van der Waals surface area contributed by atoms with Gasteiger partial charge in [0, 0.05) is 10.0 Å². The van der Waals surface area contributed by atoms with Gasteiger partial charge in [0.25, 0.3) is 0 Å². The Morgan fingerprint density at radius 3 is 2.17 bits per heavy atom. The molecule has 1 aromatic carbocycles. The highest BCUT2D eigenvalue weighted by Crippen LogP contribution is 2.32. The second-order valence-electron chi connectivity index (χ2n) is 5.12. The SMILES string of the molecule is N[C@H](c1cc(Cl)cc(Cl)c1)[C@@H](O)C1CCCCC1. The summed E-state index contributed by atoms with van der Waals surface area (Å²) in [6.45, 7) is 0. The highest BCUT2D eigenvalue weighted by molar-refractivity contribution is 6.34. The number of aliphatic hydroxyl groups excluding tert-OH is 1. The number of hydrogen-bond acceptors (Lipinski definition) is 2. The van der Waals surface area contributed by atoms with Crippen LogP contribution in [-0.2, 0) is 0 Å². The third kappa shape index (κ3) is 3.39. The van der Waals surface area contributed by atoms with Crippen molar-refractivity contribution in [3.63, 3.8) is 0 Å². The first-order valence-corrected chi connectivity index (χ1v) is 7.23. The molecule has 4 heteroatoms. The van der Waals surface area contributed by atoms with Crippen LogP contribution in [0.1, 0.15) is 43.7 Å². The highest BCUT2D eigenvalue weighted by Gasteiger charge is 2.27. The monoisotopic (exact) mass is 287 g/mol. The van der Waals surface area contributed by atoms with E-state index in [1.165, 1.54) is 19.3 Å². The zero-order chi connectivity index (χ0) is 13.1. The van der Waals surface area contributed by atoms with Crippen LogP contribution >= 0.6 is 23.2 Å². The van der Waals surface area contributed by atoms with Crippen molar-refractivity contribution in [2.24, 2.45) is 11.7 Å². The minimum Gasteiger partial charge on any atom is -0.391 e. The van der Waals surface area contributed by atoms with Gasteiger partial charge in [0.1, 0.15) is 0 Å². The largest absolute Gasteiger partial charge is 0.391 e. The summed E-state index contributed by atoms with van der Waals surface area (Å²) in [5, 5.41) is 11.5. The third-order valence-electron chi connectivity index (χ3n) is 3.77. The Bertz CT molecular complexity index is 385. The Morgan fingerprint density at radius 2 is 1.61 bits per heavy atom. The lowest BCUT2D eigenvalue weighted by molar-refractivity contribution is 0.0618. The topological polar surface area (TPSA) is 46.2 Å². The fraction of sp³-hybridized carbons (Fsp3) is 0.571. The van der Waals surface area contributed by atoms with Gasteiger partial charge in [-0.15, -0.1) is 0 Å². The first-order chi connectivity index (χ1) is 8.58. The van der Waals surface area contributed by atoms with Gasteiger partial charge in [0.05, 0.1) is 12.1 Å². The molecule has 2 rings (SSSR count). The van der Waals surface area contributed by atoms with Crippen LogP contribution in [0, 0.1) is 5.92 Å². The minimum atomic E-state index is -0.514. The van der Waals surface area contributed by atoms with Crippen molar-refractivity contribution < 1.29 is 5.11 Å². The van der Waals surface area contributed by atoms with Gasteiger partial charge in [-0.2, -0.15) is 0 Å². The summed E-state index contributed by atoms with van der Waals surface area (Å²) in [7, 11) is 0. The van der Waals surface area contributed by atoms with Crippen molar-refractivity contribution in [1.82, 2.24) is 0 Å². The number of hydrogen-bond donors (Lipinski definition) is 2. The van der Waals surface area contributed by atoms with E-state index in [0.717, 1.165) is 18.4 Å². The summed E-state index contributed by atoms with van der Waals surface area (Å²) in [5.74, 6) is 0.298. The van der Waals surface area contributed by atoms with Gasteiger partial charge >= 0.3 is 0 Å². The van der Waals surface area contributed by atoms with Gasteiger partial charge in [-0.3, -0.25) is 0 Å². The molecule has 1 aliphatic carbocycles. The molecule has 0 aliphatic heterocycles. The molecule has 18 heavy (non-hydrogen) atoms. The summed E-state index contributed by atoms with van der Waals surface area (Å²) >= 11 is 11.9. The summed E-state index contributed by atoms with van der Waals surface area (Å²) < 4.78 is 0. The maximum Gasteiger partial charge on any atom is 0.0760 e. The molecule has 0 heterocycles. The minimum absolute atomic E-state index is 0.298. The molecular formula is C14H19Cl2NO. The van der Waals surface area contributed by atoms with Crippen LogP contribution < -0.4 is 5.73 Å². The van der Waals surface area contributed by atoms with Crippen LogP contribution in [-0.4, -0.2) is 11.2 Å². The lowest BCUT2D eigenvalue weighted by Gasteiger charge is -2.30. The zero-order valence-electron chi connectivity index (χ0n) is 10.3. The maximum atomic E-state index is 10.4. The normalized spacial score (nSPS) is 20.7. The van der Waals surface area contributed by atoms with Crippen LogP contribution in [0.2, 0.25) is 10.0 Å². The third-order valence-corrected chi connectivity index (χ3v) is 4.21. The van der Waals surface area contributed by atoms with Crippen LogP contribution in [0.5, 0.6) is 0 Å². The molecule has 3 N–H and O–H groups in total. The van der Waals surface area contributed by atoms with E-state index in [1.807, 2.05) is 0 Å². The van der Waals surface area contributed by atoms with Crippen LogP contribution in [0.15, 0.2) is 18.2 Å². The lowest BCUT2D eigenvalue weighted by Crippen LogP contribution is -2.34. The van der Waals surface area contributed by atoms with E-state index in [1.54, 1.807) is 18.2 Å². The van der Waals surface area contributed by atoms with Gasteiger partial charge in [-0.25, -0.2) is 0 Å². The number of nitrogens with two attached hydrogens (primary N) is 1. The van der Waals surface area contributed by atoms with Crippen molar-refractivity contribution in [2.45, 2.75) is 44.2 Å². The summed E-state index contributed by atoms with van der Waals surface area (Å²) in [6, 6.07) is 4.82. The Hall–Kier alpha value is -0.280. The predicted molar refractivity (Wildman–Crippen MR) is 76.0 cm³/mol. The molecule has 0 radical (unpaired) electrons. The van der Waals surface area contributed by atoms with Crippen LogP contribution in [0.25, 0.3) is 0 Å². The molecule has 0 saturated heterocycles. The van der Waals surface area contributed by atoms with Gasteiger partial charge in [0.15, 0.2) is 0 Å². The van der Waals surface area contributed by atoms with Crippen molar-refractivity contribution >= 4 is 23.2 Å². The van der Waals surface area contributed by atoms with E-state index < -0.39 is 12.1 Å². The zero-order valence-corrected chi connectivity index (χ0v) is 11.8. The molecule has 1 fully saturated rings. The summed E-state index contributed by atoms with van der Waals surface area (Å²) in [6.07, 6.45) is 5.24. The Kier molecular flexibility index (Phi) is 4.91. The maximum absolute atomic E-state index is 10.4. The van der Waals surface area contributed by atoms with Gasteiger partial charge in [0.2, 0.25) is 0 Å². The van der Waals surface area contributed by atoms with E-state index in [2.05, 4.69) is 0 Å². The van der Waals surface area contributed by atoms with Crippen LogP contribution in [0.3, 0.4) is 0 Å². The molecule has 1 aromatic rings. The Labute approximate surface area is 118 Å². The van der Waals surface area contributed by atoms with Crippen molar-refractivity contribution in [3.05, 3.63) is 33.8 Å². The number of halogens is 2. The van der Waals surface area contributed by atoms with Crippen molar-refractivity contribution in [1.29, 1.82) is 0 Å². The predicted octanol–water partition coefficient (Wildman–Crippen LogP) is 3.93. The summed E-state index contributed by atoms with van der Waals surface area (Å²) in [4.78, 5) is 0. The molecule has 0 amide bonds. The average Bonchev–Trinajstić information content (AvgIpc) is 2.37. The van der Waals surface area contributed by atoms with E-state index in [4.69, 9.17) is 28.9 Å². The molecule has 2 nitrogen and oxygen atoms in total. The quantitative estimate of drug-likeness (QED) is 0.885. The smallest absolute Gasteiger partial charge is 0.0760 e. The molecule has 100 valence electrons. The molecular weight excluding hydrogens is 269 g/mol. The second-order valence-corrected chi connectivity index (χ2v) is 5.99. The van der Waals surface area contributed by atoms with Crippen molar-refractivity contribution in [3.8, 4) is 0 Å². The molecule has 0 unspecified atom stereocenters. The Morgan fingerprint density at radius 1 is 1.06 bits per heavy atom. The fourth-order valence-electron chi connectivity index (χ4n) is 2.73. The molecule has 0 bridgehead atoms. The first kappa shape index (κ1) is 14.1. The van der Waals surface area contributed by atoms with Gasteiger partial charge in [-0.1, -0.05) is 42.5 Å². The van der Waals surface area contributed by atoms with E-state index in [9.17, 15) is 5.11 Å². The van der Waals surface area contributed by atoms with E-state index in [-0.39, 0.29) is 0 Å². The number of aliphatic hydroxyl groups is 1. The Balaban J connectivity index is 2.11. The van der Waals surface area contributed by atoms with E-state index >= 15 is 0 Å².